The molecule has 6 heteroatoms. The first-order valence-electron chi connectivity index (χ1n) is 6.61. The molecule has 6 nitrogen and oxygen atoms in total. The van der Waals surface area contributed by atoms with Gasteiger partial charge in [-0.25, -0.2) is 0 Å². The summed E-state index contributed by atoms with van der Waals surface area (Å²) >= 11 is 0. The van der Waals surface area contributed by atoms with Gasteiger partial charge in [-0.05, 0) is 25.0 Å². The maximum absolute atomic E-state index is 11.1. The van der Waals surface area contributed by atoms with Crippen molar-refractivity contribution < 1.29 is 10.0 Å². The van der Waals surface area contributed by atoms with Gasteiger partial charge in [0.15, 0.2) is 0 Å². The Balaban J connectivity index is 2.16. The van der Waals surface area contributed by atoms with Crippen molar-refractivity contribution in [2.45, 2.75) is 18.9 Å². The molecule has 0 aliphatic heterocycles. The third-order valence-corrected chi connectivity index (χ3v) is 3.61. The van der Waals surface area contributed by atoms with Gasteiger partial charge in [0.2, 0.25) is 0 Å². The zero-order valence-corrected chi connectivity index (χ0v) is 10.9. The predicted molar refractivity (Wildman–Crippen MR) is 75.9 cm³/mol. The second-order valence-corrected chi connectivity index (χ2v) is 4.93. The Morgan fingerprint density at radius 2 is 2.15 bits per heavy atom. The molecule has 0 radical (unpaired) electrons. The first-order chi connectivity index (χ1) is 9.72. The number of nitro groups is 1. The van der Waals surface area contributed by atoms with E-state index in [1.165, 1.54) is 6.07 Å². The molecular weight excluding hydrogens is 258 g/mol. The number of nitro benzene ring substituents is 1. The van der Waals surface area contributed by atoms with Crippen LogP contribution in [0.5, 0.6) is 0 Å². The molecule has 104 valence electrons. The highest BCUT2D eigenvalue weighted by atomic mass is 16.6. The van der Waals surface area contributed by atoms with E-state index < -0.39 is 0 Å². The van der Waals surface area contributed by atoms with Crippen LogP contribution in [-0.2, 0) is 0 Å². The molecule has 0 saturated heterocycles. The fourth-order valence-corrected chi connectivity index (χ4v) is 2.56. The minimum absolute atomic E-state index is 0.0647. The van der Waals surface area contributed by atoms with Crippen LogP contribution in [0.4, 0.5) is 11.4 Å². The van der Waals surface area contributed by atoms with Gasteiger partial charge in [-0.3, -0.25) is 15.1 Å². The van der Waals surface area contributed by atoms with Crippen LogP contribution in [0.2, 0.25) is 0 Å². The average molecular weight is 273 g/mol. The van der Waals surface area contributed by atoms with Gasteiger partial charge in [0, 0.05) is 42.1 Å². The Morgan fingerprint density at radius 3 is 2.80 bits per heavy atom. The average Bonchev–Trinajstić information content (AvgIpc) is 3.28. The van der Waals surface area contributed by atoms with E-state index in [0.717, 1.165) is 23.9 Å². The summed E-state index contributed by atoms with van der Waals surface area (Å²) in [5.74, 6) is 0. The van der Waals surface area contributed by atoms with Crippen LogP contribution in [0, 0.1) is 10.1 Å². The van der Waals surface area contributed by atoms with Crippen LogP contribution in [0.25, 0.3) is 10.8 Å². The van der Waals surface area contributed by atoms with Gasteiger partial charge < -0.3 is 10.0 Å². The predicted octanol–water partition coefficient (Wildman–Crippen LogP) is 2.10. The molecule has 2 aromatic rings. The Labute approximate surface area is 115 Å². The molecule has 1 fully saturated rings. The summed E-state index contributed by atoms with van der Waals surface area (Å²) in [5, 5.41) is 21.7. The van der Waals surface area contributed by atoms with Crippen molar-refractivity contribution in [2.24, 2.45) is 0 Å². The number of benzene rings is 1. The maximum atomic E-state index is 11.1. The summed E-state index contributed by atoms with van der Waals surface area (Å²) in [4.78, 5) is 16.9. The lowest BCUT2D eigenvalue weighted by molar-refractivity contribution is -0.383. The van der Waals surface area contributed by atoms with Crippen molar-refractivity contribution in [3.8, 4) is 0 Å². The number of nitrogens with zero attached hydrogens (tertiary/aromatic N) is 3. The van der Waals surface area contributed by atoms with Gasteiger partial charge in [-0.2, -0.15) is 0 Å². The fraction of sp³-hybridized carbons (Fsp3) is 0.357. The standard InChI is InChI=1S/C14H15N3O3/c18-8-7-16(10-1-2-10)13-3-4-14(17(19)20)11-5-6-15-9-12(11)13/h3-6,9-10,18H,1-2,7-8H2. The van der Waals surface area contributed by atoms with Gasteiger partial charge in [0.25, 0.3) is 5.69 Å². The van der Waals surface area contributed by atoms with Crippen LogP contribution in [-0.4, -0.2) is 34.2 Å². The second-order valence-electron chi connectivity index (χ2n) is 4.93. The van der Waals surface area contributed by atoms with Gasteiger partial charge in [-0.15, -0.1) is 0 Å². The van der Waals surface area contributed by atoms with Crippen molar-refractivity contribution in [1.82, 2.24) is 4.98 Å². The van der Waals surface area contributed by atoms with E-state index >= 15 is 0 Å². The number of fused-ring (bicyclic) bond motifs is 1. The molecule has 1 heterocycles. The van der Waals surface area contributed by atoms with Crippen molar-refractivity contribution in [1.29, 1.82) is 0 Å². The molecule has 20 heavy (non-hydrogen) atoms. The minimum atomic E-state index is -0.375. The van der Waals surface area contributed by atoms with Crippen LogP contribution in [0.15, 0.2) is 30.6 Å². The number of anilines is 1. The Kier molecular flexibility index (Phi) is 3.23. The lowest BCUT2D eigenvalue weighted by Crippen LogP contribution is -2.29. The molecule has 1 aromatic heterocycles. The van der Waals surface area contributed by atoms with E-state index in [0.29, 0.717) is 18.0 Å². The first kappa shape index (κ1) is 12.8. The number of rotatable bonds is 5. The highest BCUT2D eigenvalue weighted by Crippen LogP contribution is 2.38. The molecule has 1 saturated carbocycles. The summed E-state index contributed by atoms with van der Waals surface area (Å²) in [6.45, 7) is 0.599. The third-order valence-electron chi connectivity index (χ3n) is 3.61. The number of hydrogen-bond acceptors (Lipinski definition) is 5. The summed E-state index contributed by atoms with van der Waals surface area (Å²) in [7, 11) is 0. The number of hydrogen-bond donors (Lipinski definition) is 1. The SMILES string of the molecule is O=[N+]([O-])c1ccc(N(CCO)C2CC2)c2cnccc12. The molecule has 0 unspecified atom stereocenters. The lowest BCUT2D eigenvalue weighted by Gasteiger charge is -2.25. The minimum Gasteiger partial charge on any atom is -0.395 e. The summed E-state index contributed by atoms with van der Waals surface area (Å²) in [6, 6.07) is 5.38. The molecule has 1 N–H and O–H groups in total. The maximum Gasteiger partial charge on any atom is 0.277 e. The van der Waals surface area contributed by atoms with Crippen LogP contribution in [0.3, 0.4) is 0 Å². The fourth-order valence-electron chi connectivity index (χ4n) is 2.56. The smallest absolute Gasteiger partial charge is 0.277 e. The van der Waals surface area contributed by atoms with Crippen molar-refractivity contribution in [3.63, 3.8) is 0 Å². The van der Waals surface area contributed by atoms with E-state index in [1.807, 2.05) is 0 Å². The molecule has 1 aromatic carbocycles. The van der Waals surface area contributed by atoms with Crippen LogP contribution >= 0.6 is 0 Å². The molecule has 0 spiro atoms. The first-order valence-corrected chi connectivity index (χ1v) is 6.61. The number of non-ortho nitro benzene ring substituents is 1. The van der Waals surface area contributed by atoms with E-state index in [-0.39, 0.29) is 17.2 Å². The molecule has 0 amide bonds. The summed E-state index contributed by atoms with van der Waals surface area (Å²) in [5.41, 5.74) is 1.00. The van der Waals surface area contributed by atoms with Gasteiger partial charge in [0.05, 0.1) is 16.9 Å². The van der Waals surface area contributed by atoms with E-state index in [2.05, 4.69) is 9.88 Å². The molecular formula is C14H15N3O3. The largest absolute Gasteiger partial charge is 0.395 e. The Bertz CT molecular complexity index is 655. The number of aliphatic hydroxyl groups excluding tert-OH is 1. The van der Waals surface area contributed by atoms with Gasteiger partial charge in [-0.1, -0.05) is 0 Å². The summed E-state index contributed by atoms with van der Waals surface area (Å²) in [6.07, 6.45) is 5.41. The number of aliphatic hydroxyl groups is 1. The van der Waals surface area contributed by atoms with Crippen LogP contribution < -0.4 is 4.90 Å². The number of pyridine rings is 1. The third kappa shape index (κ3) is 2.18. The topological polar surface area (TPSA) is 79.5 Å². The molecule has 1 aliphatic carbocycles. The van der Waals surface area contributed by atoms with Crippen molar-refractivity contribution in [2.75, 3.05) is 18.1 Å². The van der Waals surface area contributed by atoms with E-state index in [4.69, 9.17) is 0 Å². The van der Waals surface area contributed by atoms with Crippen LogP contribution in [0.1, 0.15) is 12.8 Å². The van der Waals surface area contributed by atoms with Gasteiger partial charge >= 0.3 is 0 Å². The molecule has 0 atom stereocenters. The van der Waals surface area contributed by atoms with Crippen molar-refractivity contribution >= 4 is 22.1 Å². The normalized spacial score (nSPS) is 14.4. The zero-order chi connectivity index (χ0) is 14.1. The quantitative estimate of drug-likeness (QED) is 0.666. The zero-order valence-electron chi connectivity index (χ0n) is 10.9. The van der Waals surface area contributed by atoms with Gasteiger partial charge in [0.1, 0.15) is 0 Å². The molecule has 1 aliphatic rings. The highest BCUT2D eigenvalue weighted by Gasteiger charge is 2.30. The Morgan fingerprint density at radius 1 is 1.35 bits per heavy atom. The monoisotopic (exact) mass is 273 g/mol. The molecule has 0 bridgehead atoms. The number of aromatic nitrogens is 1. The Hall–Kier alpha value is -2.21. The van der Waals surface area contributed by atoms with Crippen molar-refractivity contribution in [3.05, 3.63) is 40.7 Å². The highest BCUT2D eigenvalue weighted by molar-refractivity contribution is 5.99. The second kappa shape index (κ2) is 5.05. The van der Waals surface area contributed by atoms with E-state index in [9.17, 15) is 15.2 Å². The lowest BCUT2D eigenvalue weighted by atomic mass is 10.1. The summed E-state index contributed by atoms with van der Waals surface area (Å²) < 4.78 is 0. The molecule has 3 rings (SSSR count). The van der Waals surface area contributed by atoms with E-state index in [1.54, 1.807) is 24.5 Å².